The largest absolute Gasteiger partial charge is 0.357 e. The van der Waals surface area contributed by atoms with Gasteiger partial charge in [-0.3, -0.25) is 19.2 Å². The molecule has 0 saturated carbocycles. The highest BCUT2D eigenvalue weighted by Gasteiger charge is 2.37. The predicted octanol–water partition coefficient (Wildman–Crippen LogP) is 3.83. The number of likely N-dealkylation sites (N-methyl/N-ethyl adjacent to an activating group) is 1. The number of halogens is 2. The van der Waals surface area contributed by atoms with Crippen molar-refractivity contribution in [3.05, 3.63) is 119 Å². The molecule has 1 aliphatic rings. The fourth-order valence-corrected chi connectivity index (χ4v) is 6.29. The van der Waals surface area contributed by atoms with E-state index in [0.29, 0.717) is 49.9 Å². The van der Waals surface area contributed by atoms with E-state index in [-0.39, 0.29) is 60.7 Å². The summed E-state index contributed by atoms with van der Waals surface area (Å²) < 4.78 is 26.6. The second kappa shape index (κ2) is 17.5. The number of hydrogen-bond acceptors (Lipinski definition) is 5. The number of rotatable bonds is 14. The molecule has 0 bridgehead atoms. The molecule has 4 aromatic rings. The Balaban J connectivity index is 1.27. The van der Waals surface area contributed by atoms with Gasteiger partial charge in [0.2, 0.25) is 23.6 Å². The molecular weight excluding hydrogens is 640 g/mol. The summed E-state index contributed by atoms with van der Waals surface area (Å²) in [6.07, 6.45) is 1.86. The van der Waals surface area contributed by atoms with Crippen LogP contribution in [0.25, 0.3) is 10.8 Å². The molecule has 1 saturated heterocycles. The van der Waals surface area contributed by atoms with Crippen LogP contribution in [-0.4, -0.2) is 73.3 Å². The van der Waals surface area contributed by atoms with Crippen molar-refractivity contribution < 1.29 is 28.0 Å². The first-order valence-electron chi connectivity index (χ1n) is 17.0. The number of carbonyl (C=O) groups excluding carboxylic acids is 4. The van der Waals surface area contributed by atoms with Gasteiger partial charge < -0.3 is 26.2 Å². The van der Waals surface area contributed by atoms with E-state index >= 15 is 0 Å². The molecule has 4 N–H and O–H groups in total. The molecule has 5 rings (SSSR count). The summed E-state index contributed by atoms with van der Waals surface area (Å²) in [5, 5.41) is 14.1. The highest BCUT2D eigenvalue weighted by atomic mass is 19.1. The topological polar surface area (TPSA) is 120 Å². The number of carbonyl (C=O) groups is 4. The van der Waals surface area contributed by atoms with E-state index in [4.69, 9.17) is 0 Å². The number of nitrogens with one attached hydrogen (secondary N) is 4. The molecule has 4 aromatic carbocycles. The molecule has 4 amide bonds. The quantitative estimate of drug-likeness (QED) is 0.151. The van der Waals surface area contributed by atoms with Gasteiger partial charge in [0.05, 0.1) is 18.9 Å². The van der Waals surface area contributed by atoms with Gasteiger partial charge in [0.1, 0.15) is 17.7 Å². The van der Waals surface area contributed by atoms with E-state index in [1.807, 2.05) is 42.5 Å². The fraction of sp³-hybridized carbons (Fsp3) is 0.333. The molecule has 50 heavy (non-hydrogen) atoms. The molecule has 0 aromatic heterocycles. The summed E-state index contributed by atoms with van der Waals surface area (Å²) in [4.78, 5) is 54.5. The Morgan fingerprint density at radius 1 is 0.820 bits per heavy atom. The smallest absolute Gasteiger partial charge is 0.242 e. The van der Waals surface area contributed by atoms with E-state index in [1.54, 1.807) is 36.2 Å². The van der Waals surface area contributed by atoms with Crippen LogP contribution in [0.2, 0.25) is 0 Å². The highest BCUT2D eigenvalue weighted by Crippen LogP contribution is 2.21. The minimum absolute atomic E-state index is 0.0869. The third kappa shape index (κ3) is 10.2. The lowest BCUT2D eigenvalue weighted by molar-refractivity contribution is -0.141. The summed E-state index contributed by atoms with van der Waals surface area (Å²) in [5.41, 5.74) is 2.30. The van der Waals surface area contributed by atoms with Crippen LogP contribution >= 0.6 is 0 Å². The SMILES string of the molecule is CNC(=O)C(Cc1ccc2ccccc2c1)N1CC[C@H](CNC(=O)Cc2ccc(F)cc2)N[C@H](CCCNC(=O)Cc2ccc(F)cc2)C1=O. The Morgan fingerprint density at radius 3 is 2.06 bits per heavy atom. The lowest BCUT2D eigenvalue weighted by atomic mass is 9.99. The van der Waals surface area contributed by atoms with Gasteiger partial charge >= 0.3 is 0 Å². The van der Waals surface area contributed by atoms with Gasteiger partial charge in [0.25, 0.3) is 0 Å². The first kappa shape index (κ1) is 36.1. The molecule has 0 spiro atoms. The first-order valence-corrected chi connectivity index (χ1v) is 17.0. The molecule has 9 nitrogen and oxygen atoms in total. The van der Waals surface area contributed by atoms with E-state index in [9.17, 15) is 28.0 Å². The van der Waals surface area contributed by atoms with Crippen LogP contribution in [-0.2, 0) is 38.4 Å². The van der Waals surface area contributed by atoms with Crippen molar-refractivity contribution in [3.8, 4) is 0 Å². The lowest BCUT2D eigenvalue weighted by Gasteiger charge is -2.31. The Hall–Kier alpha value is -5.16. The van der Waals surface area contributed by atoms with Crippen molar-refractivity contribution in [3.63, 3.8) is 0 Å². The summed E-state index contributed by atoms with van der Waals surface area (Å²) in [6.45, 7) is 0.864. The Labute approximate surface area is 290 Å². The van der Waals surface area contributed by atoms with Crippen LogP contribution in [0.15, 0.2) is 91.0 Å². The van der Waals surface area contributed by atoms with E-state index < -0.39 is 12.1 Å². The third-order valence-electron chi connectivity index (χ3n) is 9.00. The Morgan fingerprint density at radius 2 is 1.42 bits per heavy atom. The number of nitrogens with zero attached hydrogens (tertiary/aromatic N) is 1. The van der Waals surface area contributed by atoms with Crippen LogP contribution in [0.1, 0.15) is 36.0 Å². The van der Waals surface area contributed by atoms with Crippen molar-refractivity contribution >= 4 is 34.4 Å². The van der Waals surface area contributed by atoms with Gasteiger partial charge in [-0.25, -0.2) is 8.78 Å². The molecule has 1 heterocycles. The van der Waals surface area contributed by atoms with Crippen molar-refractivity contribution in [2.24, 2.45) is 0 Å². The second-order valence-electron chi connectivity index (χ2n) is 12.7. The monoisotopic (exact) mass is 683 g/mol. The van der Waals surface area contributed by atoms with Crippen LogP contribution in [0.4, 0.5) is 8.78 Å². The van der Waals surface area contributed by atoms with Gasteiger partial charge in [-0.2, -0.15) is 0 Å². The number of fused-ring (bicyclic) bond motifs is 1. The maximum atomic E-state index is 14.2. The summed E-state index contributed by atoms with van der Waals surface area (Å²) in [6, 6.07) is 23.8. The number of hydrogen-bond donors (Lipinski definition) is 4. The minimum atomic E-state index is -0.764. The number of benzene rings is 4. The molecule has 0 radical (unpaired) electrons. The van der Waals surface area contributed by atoms with Crippen molar-refractivity contribution in [1.82, 2.24) is 26.2 Å². The zero-order valence-electron chi connectivity index (χ0n) is 28.1. The maximum absolute atomic E-state index is 14.2. The Kier molecular flexibility index (Phi) is 12.6. The minimum Gasteiger partial charge on any atom is -0.357 e. The zero-order valence-corrected chi connectivity index (χ0v) is 28.1. The van der Waals surface area contributed by atoms with Gasteiger partial charge in [-0.1, -0.05) is 66.7 Å². The average Bonchev–Trinajstić information content (AvgIpc) is 3.27. The molecule has 1 unspecified atom stereocenters. The fourth-order valence-electron chi connectivity index (χ4n) is 6.29. The molecule has 3 atom stereocenters. The highest BCUT2D eigenvalue weighted by molar-refractivity contribution is 5.90. The third-order valence-corrected chi connectivity index (χ3v) is 9.00. The van der Waals surface area contributed by atoms with E-state index in [2.05, 4.69) is 21.3 Å². The molecular formula is C39H43F2N5O4. The average molecular weight is 684 g/mol. The van der Waals surface area contributed by atoms with Gasteiger partial charge in [-0.15, -0.1) is 0 Å². The van der Waals surface area contributed by atoms with Crippen LogP contribution < -0.4 is 21.3 Å². The molecule has 1 fully saturated rings. The normalized spacial score (nSPS) is 16.8. The maximum Gasteiger partial charge on any atom is 0.242 e. The van der Waals surface area contributed by atoms with Crippen LogP contribution in [0.5, 0.6) is 0 Å². The molecule has 262 valence electrons. The van der Waals surface area contributed by atoms with Gasteiger partial charge in [0, 0.05) is 39.1 Å². The summed E-state index contributed by atoms with van der Waals surface area (Å²) in [5.74, 6) is -1.69. The standard InChI is InChI=1S/C39H43F2N5O4/c1-42-38(49)35(22-28-8-13-29-5-2-3-6-30(29)21-28)46-20-18-33(25-44-37(48)24-27-11-16-32(41)17-12-27)45-34(39(46)50)7-4-19-43-36(47)23-26-9-14-31(40)15-10-26/h2-3,5-6,8-17,21,33-35,45H,4,7,18-20,22-25H2,1H3,(H,42,49)(H,43,47)(H,44,48)/t33-,34-,35?/m1/s1. The first-order chi connectivity index (χ1) is 24.2. The van der Waals surface area contributed by atoms with Crippen molar-refractivity contribution in [2.45, 2.75) is 56.7 Å². The summed E-state index contributed by atoms with van der Waals surface area (Å²) >= 11 is 0. The van der Waals surface area contributed by atoms with Gasteiger partial charge in [0.15, 0.2) is 0 Å². The predicted molar refractivity (Wildman–Crippen MR) is 188 cm³/mol. The van der Waals surface area contributed by atoms with Crippen molar-refractivity contribution in [2.75, 3.05) is 26.7 Å². The van der Waals surface area contributed by atoms with Crippen LogP contribution in [0.3, 0.4) is 0 Å². The molecule has 11 heteroatoms. The van der Waals surface area contributed by atoms with Crippen LogP contribution in [0, 0.1) is 11.6 Å². The van der Waals surface area contributed by atoms with E-state index in [0.717, 1.165) is 16.3 Å². The second-order valence-corrected chi connectivity index (χ2v) is 12.7. The summed E-state index contributed by atoms with van der Waals surface area (Å²) in [7, 11) is 1.56. The zero-order chi connectivity index (χ0) is 35.5. The number of amides is 4. The Bertz CT molecular complexity index is 1780. The molecule has 1 aliphatic heterocycles. The van der Waals surface area contributed by atoms with Crippen molar-refractivity contribution in [1.29, 1.82) is 0 Å². The molecule has 0 aliphatic carbocycles. The lowest BCUT2D eigenvalue weighted by Crippen LogP contribution is -2.54. The van der Waals surface area contributed by atoms with E-state index in [1.165, 1.54) is 24.3 Å². The van der Waals surface area contributed by atoms with Gasteiger partial charge in [-0.05, 0) is 71.0 Å².